The summed E-state index contributed by atoms with van der Waals surface area (Å²) < 4.78 is 5.11. The molecule has 0 bridgehead atoms. The summed E-state index contributed by atoms with van der Waals surface area (Å²) in [6, 6.07) is 13.3. The summed E-state index contributed by atoms with van der Waals surface area (Å²) >= 11 is 11.9. The van der Waals surface area contributed by atoms with Crippen molar-refractivity contribution in [2.24, 2.45) is 0 Å². The quantitative estimate of drug-likeness (QED) is 0.883. The van der Waals surface area contributed by atoms with Crippen LogP contribution in [-0.4, -0.2) is 7.11 Å². The minimum Gasteiger partial charge on any atom is -0.497 e. The minimum absolute atomic E-state index is 0.625. The maximum atomic E-state index is 5.93. The number of anilines is 1. The van der Waals surface area contributed by atoms with Crippen LogP contribution in [0.1, 0.15) is 5.56 Å². The van der Waals surface area contributed by atoms with Gasteiger partial charge in [-0.2, -0.15) is 0 Å². The van der Waals surface area contributed by atoms with Crippen LogP contribution in [-0.2, 0) is 6.54 Å². The second-order valence-corrected chi connectivity index (χ2v) is 4.73. The molecule has 0 saturated carbocycles. The second kappa shape index (κ2) is 5.98. The third kappa shape index (κ3) is 3.56. The molecule has 0 heterocycles. The van der Waals surface area contributed by atoms with E-state index in [1.54, 1.807) is 13.2 Å². The van der Waals surface area contributed by atoms with Gasteiger partial charge in [-0.05, 0) is 35.9 Å². The molecule has 1 N–H and O–H groups in total. The number of benzene rings is 2. The highest BCUT2D eigenvalue weighted by atomic mass is 35.5. The van der Waals surface area contributed by atoms with E-state index in [9.17, 15) is 0 Å². The number of halogens is 2. The first-order valence-corrected chi connectivity index (χ1v) is 6.26. The van der Waals surface area contributed by atoms with Gasteiger partial charge in [-0.25, -0.2) is 0 Å². The Kier molecular flexibility index (Phi) is 4.34. The van der Waals surface area contributed by atoms with Crippen molar-refractivity contribution in [1.82, 2.24) is 0 Å². The molecule has 2 rings (SSSR count). The van der Waals surface area contributed by atoms with Crippen LogP contribution in [0.15, 0.2) is 42.5 Å². The van der Waals surface area contributed by atoms with Gasteiger partial charge in [0.1, 0.15) is 5.75 Å². The van der Waals surface area contributed by atoms with Crippen molar-refractivity contribution in [3.05, 3.63) is 58.1 Å². The largest absolute Gasteiger partial charge is 0.497 e. The zero-order valence-corrected chi connectivity index (χ0v) is 11.4. The van der Waals surface area contributed by atoms with Gasteiger partial charge in [0, 0.05) is 22.3 Å². The molecule has 0 aliphatic rings. The molecule has 2 nitrogen and oxygen atoms in total. The summed E-state index contributed by atoms with van der Waals surface area (Å²) in [5, 5.41) is 4.52. The summed E-state index contributed by atoms with van der Waals surface area (Å²) in [6.07, 6.45) is 0. The molecule has 0 unspecified atom stereocenters. The zero-order valence-electron chi connectivity index (χ0n) is 9.91. The molecule has 94 valence electrons. The highest BCUT2D eigenvalue weighted by molar-refractivity contribution is 6.35. The van der Waals surface area contributed by atoms with Gasteiger partial charge < -0.3 is 10.1 Å². The van der Waals surface area contributed by atoms with Crippen molar-refractivity contribution >= 4 is 28.9 Å². The van der Waals surface area contributed by atoms with E-state index >= 15 is 0 Å². The van der Waals surface area contributed by atoms with Crippen LogP contribution >= 0.6 is 23.2 Å². The Balaban J connectivity index is 2.01. The molecular weight excluding hydrogens is 269 g/mol. The molecule has 0 fully saturated rings. The van der Waals surface area contributed by atoms with Gasteiger partial charge >= 0.3 is 0 Å². The lowest BCUT2D eigenvalue weighted by molar-refractivity contribution is 0.414. The maximum Gasteiger partial charge on any atom is 0.118 e. The molecule has 18 heavy (non-hydrogen) atoms. The van der Waals surface area contributed by atoms with Crippen LogP contribution in [0.4, 0.5) is 5.69 Å². The fourth-order valence-electron chi connectivity index (χ4n) is 1.60. The lowest BCUT2D eigenvalue weighted by Crippen LogP contribution is -1.99. The first-order valence-electron chi connectivity index (χ1n) is 5.50. The van der Waals surface area contributed by atoms with Crippen LogP contribution in [0.3, 0.4) is 0 Å². The molecule has 0 amide bonds. The van der Waals surface area contributed by atoms with Gasteiger partial charge in [0.2, 0.25) is 0 Å². The van der Waals surface area contributed by atoms with Crippen LogP contribution in [0, 0.1) is 0 Å². The molecule has 4 heteroatoms. The molecule has 2 aromatic carbocycles. The number of ether oxygens (including phenoxy) is 1. The fraction of sp³-hybridized carbons (Fsp3) is 0.143. The van der Waals surface area contributed by atoms with Gasteiger partial charge in [0.15, 0.2) is 0 Å². The molecule has 0 aliphatic heterocycles. The summed E-state index contributed by atoms with van der Waals surface area (Å²) in [6.45, 7) is 0.709. The predicted octanol–water partition coefficient (Wildman–Crippen LogP) is 4.61. The van der Waals surface area contributed by atoms with Gasteiger partial charge in [0.05, 0.1) is 7.11 Å². The van der Waals surface area contributed by atoms with Gasteiger partial charge in [-0.3, -0.25) is 0 Å². The molecule has 0 saturated heterocycles. The summed E-state index contributed by atoms with van der Waals surface area (Å²) in [5.74, 6) is 0.851. The monoisotopic (exact) mass is 281 g/mol. The van der Waals surface area contributed by atoms with Crippen molar-refractivity contribution in [2.45, 2.75) is 6.54 Å². The average Bonchev–Trinajstić information content (AvgIpc) is 2.36. The van der Waals surface area contributed by atoms with E-state index in [1.165, 1.54) is 0 Å². The van der Waals surface area contributed by atoms with Crippen LogP contribution in [0.25, 0.3) is 0 Å². The Morgan fingerprint density at radius 2 is 1.61 bits per heavy atom. The van der Waals surface area contributed by atoms with E-state index in [1.807, 2.05) is 36.4 Å². The molecular formula is C14H13Cl2NO. The summed E-state index contributed by atoms with van der Waals surface area (Å²) in [4.78, 5) is 0. The molecule has 0 aromatic heterocycles. The van der Waals surface area contributed by atoms with E-state index in [0.29, 0.717) is 16.6 Å². The van der Waals surface area contributed by atoms with Crippen LogP contribution < -0.4 is 10.1 Å². The first kappa shape index (κ1) is 13.1. The number of hydrogen-bond donors (Lipinski definition) is 1. The number of hydrogen-bond acceptors (Lipinski definition) is 2. The Bertz CT molecular complexity index is 506. The van der Waals surface area contributed by atoms with Gasteiger partial charge in [-0.15, -0.1) is 0 Å². The van der Waals surface area contributed by atoms with E-state index in [0.717, 1.165) is 17.0 Å². The highest BCUT2D eigenvalue weighted by Crippen LogP contribution is 2.23. The Hall–Kier alpha value is -1.38. The van der Waals surface area contributed by atoms with Crippen molar-refractivity contribution in [2.75, 3.05) is 12.4 Å². The number of rotatable bonds is 4. The third-order valence-electron chi connectivity index (χ3n) is 2.52. The van der Waals surface area contributed by atoms with Crippen molar-refractivity contribution < 1.29 is 4.74 Å². The standard InChI is InChI=1S/C14H13Cl2NO/c1-18-14-4-2-10(3-5-14)9-17-13-7-11(15)6-12(16)8-13/h2-8,17H,9H2,1H3. The minimum atomic E-state index is 0.625. The van der Waals surface area contributed by atoms with Gasteiger partial charge in [0.25, 0.3) is 0 Å². The topological polar surface area (TPSA) is 21.3 Å². The normalized spacial score (nSPS) is 10.2. The zero-order chi connectivity index (χ0) is 13.0. The van der Waals surface area contributed by atoms with Crippen molar-refractivity contribution in [3.8, 4) is 5.75 Å². The summed E-state index contributed by atoms with van der Waals surface area (Å²) in [5.41, 5.74) is 2.07. The van der Waals surface area contributed by atoms with Crippen molar-refractivity contribution in [1.29, 1.82) is 0 Å². The first-order chi connectivity index (χ1) is 8.67. The maximum absolute atomic E-state index is 5.93. The lowest BCUT2D eigenvalue weighted by Gasteiger charge is -2.08. The van der Waals surface area contributed by atoms with Crippen LogP contribution in [0.2, 0.25) is 10.0 Å². The van der Waals surface area contributed by atoms with E-state index < -0.39 is 0 Å². The number of methoxy groups -OCH3 is 1. The molecule has 0 radical (unpaired) electrons. The van der Waals surface area contributed by atoms with E-state index in [4.69, 9.17) is 27.9 Å². The van der Waals surface area contributed by atoms with Crippen LogP contribution in [0.5, 0.6) is 5.75 Å². The molecule has 0 aliphatic carbocycles. The Labute approximate surface area is 116 Å². The third-order valence-corrected chi connectivity index (χ3v) is 2.95. The van der Waals surface area contributed by atoms with E-state index in [2.05, 4.69) is 5.32 Å². The second-order valence-electron chi connectivity index (χ2n) is 3.86. The SMILES string of the molecule is COc1ccc(CNc2cc(Cl)cc(Cl)c2)cc1. The Morgan fingerprint density at radius 3 is 2.17 bits per heavy atom. The summed E-state index contributed by atoms with van der Waals surface area (Å²) in [7, 11) is 1.65. The average molecular weight is 282 g/mol. The van der Waals surface area contributed by atoms with Crippen molar-refractivity contribution in [3.63, 3.8) is 0 Å². The molecule has 0 atom stereocenters. The predicted molar refractivity (Wildman–Crippen MR) is 76.8 cm³/mol. The lowest BCUT2D eigenvalue weighted by atomic mass is 10.2. The molecule has 2 aromatic rings. The van der Waals surface area contributed by atoms with E-state index in [-0.39, 0.29) is 0 Å². The smallest absolute Gasteiger partial charge is 0.118 e. The van der Waals surface area contributed by atoms with Gasteiger partial charge in [-0.1, -0.05) is 35.3 Å². The number of nitrogens with one attached hydrogen (secondary N) is 1. The Morgan fingerprint density at radius 1 is 1.00 bits per heavy atom. The highest BCUT2D eigenvalue weighted by Gasteiger charge is 1.99. The molecule has 0 spiro atoms. The fourth-order valence-corrected chi connectivity index (χ4v) is 2.13.